The van der Waals surface area contributed by atoms with Crippen molar-refractivity contribution in [3.05, 3.63) is 66.7 Å². The summed E-state index contributed by atoms with van der Waals surface area (Å²) in [6.07, 6.45) is 0. The minimum atomic E-state index is -3.81. The van der Waals surface area contributed by atoms with Gasteiger partial charge in [-0.3, -0.25) is 4.72 Å². The fraction of sp³-hybridized carbons (Fsp3) is 0.100. The largest absolute Gasteiger partial charge is 0.493 e. The zero-order chi connectivity index (χ0) is 24.6. The van der Waals surface area contributed by atoms with Gasteiger partial charge < -0.3 is 35.3 Å². The van der Waals surface area contributed by atoms with Crippen LogP contribution in [0.4, 0.5) is 11.4 Å². The number of benzene rings is 3. The molecule has 3 rings (SSSR count). The van der Waals surface area contributed by atoms with E-state index in [-0.39, 0.29) is 10.4 Å². The predicted molar refractivity (Wildman–Crippen MR) is 127 cm³/mol. The lowest BCUT2D eigenvalue weighted by Gasteiger charge is -2.12. The van der Waals surface area contributed by atoms with Crippen molar-refractivity contribution in [3.63, 3.8) is 0 Å². The quantitative estimate of drug-likeness (QED) is 0.188. The predicted octanol–water partition coefficient (Wildman–Crippen LogP) is -0.867. The van der Waals surface area contributed by atoms with Gasteiger partial charge in [0.15, 0.2) is 11.5 Å². The van der Waals surface area contributed by atoms with E-state index in [1.807, 2.05) is 0 Å². The molecule has 0 heterocycles. The average molecular weight is 474 g/mol. The second-order valence-electron chi connectivity index (χ2n) is 6.66. The van der Waals surface area contributed by atoms with Crippen LogP contribution in [-0.4, -0.2) is 57.0 Å². The summed E-state index contributed by atoms with van der Waals surface area (Å²) in [5.41, 5.74) is 6.99. The highest BCUT2D eigenvalue weighted by Gasteiger charge is 2.18. The lowest BCUT2D eigenvalue weighted by molar-refractivity contribution is 0.354. The molecule has 0 fully saturated rings. The van der Waals surface area contributed by atoms with Gasteiger partial charge in [-0.2, -0.15) is 0 Å². The van der Waals surface area contributed by atoms with Crippen LogP contribution in [0.1, 0.15) is 0 Å². The molecular weight excluding hydrogens is 450 g/mol. The van der Waals surface area contributed by atoms with Crippen LogP contribution in [0.25, 0.3) is 0 Å². The first-order valence-corrected chi connectivity index (χ1v) is 11.0. The Morgan fingerprint density at radius 2 is 1.24 bits per heavy atom. The zero-order valence-electron chi connectivity index (χ0n) is 17.9. The molecule has 0 unspecified atom stereocenters. The van der Waals surface area contributed by atoms with Gasteiger partial charge in [0.2, 0.25) is 0 Å². The van der Waals surface area contributed by atoms with Crippen LogP contribution in [-0.2, 0) is 10.0 Å². The first kappa shape index (κ1) is 26.0. The van der Waals surface area contributed by atoms with E-state index in [4.69, 9.17) is 35.3 Å². The molecule has 0 amide bonds. The highest BCUT2D eigenvalue weighted by atomic mass is 32.2. The molecule has 0 aliphatic carbocycles. The molecule has 10 nitrogen and oxygen atoms in total. The first-order chi connectivity index (χ1) is 15.6. The molecule has 0 bridgehead atoms. The number of nitrogens with two attached hydrogens (primary N) is 1. The molecule has 0 aliphatic rings. The number of nitrogens with one attached hydrogen (secondary N) is 1. The van der Waals surface area contributed by atoms with Gasteiger partial charge in [0, 0.05) is 17.4 Å². The molecule has 3 aromatic rings. The van der Waals surface area contributed by atoms with Gasteiger partial charge in [-0.1, -0.05) is 24.3 Å². The summed E-state index contributed by atoms with van der Waals surface area (Å²) in [4.78, 5) is 0.0152. The summed E-state index contributed by atoms with van der Waals surface area (Å²) in [6.45, 7) is 0. The van der Waals surface area contributed by atoms with Crippen molar-refractivity contribution >= 4 is 46.6 Å². The average Bonchev–Trinajstić information content (AvgIpc) is 2.79. The van der Waals surface area contributed by atoms with E-state index >= 15 is 0 Å². The van der Waals surface area contributed by atoms with Gasteiger partial charge >= 0.3 is 14.2 Å². The maximum atomic E-state index is 12.4. The Balaban J connectivity index is 0.000000321. The summed E-state index contributed by atoms with van der Waals surface area (Å²) in [5.74, 6) is 0.724. The molecule has 0 spiro atoms. The second kappa shape index (κ2) is 11.6. The van der Waals surface area contributed by atoms with Crippen LogP contribution >= 0.6 is 0 Å². The molecule has 7 N–H and O–H groups in total. The zero-order valence-corrected chi connectivity index (χ0v) is 18.7. The van der Waals surface area contributed by atoms with Gasteiger partial charge in [0.1, 0.15) is 0 Å². The van der Waals surface area contributed by atoms with Gasteiger partial charge in [-0.15, -0.1) is 0 Å². The highest BCUT2D eigenvalue weighted by molar-refractivity contribution is 7.92. The maximum Gasteiger partial charge on any atom is 0.488 e. The van der Waals surface area contributed by atoms with Crippen molar-refractivity contribution in [2.45, 2.75) is 4.90 Å². The van der Waals surface area contributed by atoms with Crippen molar-refractivity contribution in [3.8, 4) is 11.5 Å². The van der Waals surface area contributed by atoms with E-state index in [1.54, 1.807) is 24.3 Å². The van der Waals surface area contributed by atoms with Crippen LogP contribution < -0.4 is 30.9 Å². The Labute approximate surface area is 192 Å². The Bertz CT molecular complexity index is 1140. The second-order valence-corrected chi connectivity index (χ2v) is 8.34. The number of nitrogen functional groups attached to an aromatic ring is 1. The molecule has 0 aliphatic heterocycles. The molecule has 0 aromatic heterocycles. The van der Waals surface area contributed by atoms with E-state index in [2.05, 4.69) is 4.72 Å². The van der Waals surface area contributed by atoms with Crippen molar-refractivity contribution in [2.75, 3.05) is 24.7 Å². The van der Waals surface area contributed by atoms with E-state index in [0.29, 0.717) is 28.3 Å². The maximum absolute atomic E-state index is 12.4. The van der Waals surface area contributed by atoms with Crippen LogP contribution in [0.5, 0.6) is 11.5 Å². The monoisotopic (exact) mass is 474 g/mol. The third-order valence-electron chi connectivity index (χ3n) is 4.36. The van der Waals surface area contributed by atoms with Crippen molar-refractivity contribution in [1.29, 1.82) is 0 Å². The van der Waals surface area contributed by atoms with Gasteiger partial charge in [0.25, 0.3) is 10.0 Å². The summed E-state index contributed by atoms with van der Waals surface area (Å²) >= 11 is 0. The van der Waals surface area contributed by atoms with Crippen molar-refractivity contribution in [1.82, 2.24) is 0 Å². The molecule has 0 saturated heterocycles. The fourth-order valence-corrected chi connectivity index (χ4v) is 3.66. The number of methoxy groups -OCH3 is 2. The molecule has 0 atom stereocenters. The first-order valence-electron chi connectivity index (χ1n) is 9.50. The van der Waals surface area contributed by atoms with Crippen molar-refractivity contribution < 1.29 is 38.0 Å². The SMILES string of the molecule is COc1ccc(S(=O)(=O)Nc2ccc(B(O)O)cc2)cc1OC.Nc1ccc(B(O)O)cc1. The lowest BCUT2D eigenvalue weighted by Crippen LogP contribution is -2.29. The van der Waals surface area contributed by atoms with Crippen molar-refractivity contribution in [2.24, 2.45) is 0 Å². The number of ether oxygens (including phenoxy) is 2. The molecular formula is C20H24B2N2O8S. The fourth-order valence-electron chi connectivity index (χ4n) is 2.59. The molecule has 13 heteroatoms. The van der Waals surface area contributed by atoms with E-state index in [0.717, 1.165) is 0 Å². The lowest BCUT2D eigenvalue weighted by atomic mass is 9.80. The van der Waals surface area contributed by atoms with E-state index in [9.17, 15) is 8.42 Å². The number of hydrogen-bond donors (Lipinski definition) is 6. The number of rotatable bonds is 7. The molecule has 0 radical (unpaired) electrons. The topological polar surface area (TPSA) is 172 Å². The van der Waals surface area contributed by atoms with Gasteiger partial charge in [0.05, 0.1) is 19.1 Å². The van der Waals surface area contributed by atoms with Crippen LogP contribution in [0.2, 0.25) is 0 Å². The normalized spacial score (nSPS) is 10.5. The number of anilines is 2. The third-order valence-corrected chi connectivity index (χ3v) is 5.74. The smallest absolute Gasteiger partial charge is 0.488 e. The standard InChI is InChI=1S/C14H16BNO6S.C6H8BNO2/c1-21-13-8-7-12(9-14(13)22-2)23(19,20)16-11-5-3-10(4-6-11)15(17)18;8-6-3-1-5(2-4-6)7(9)10/h3-9,16-18H,1-2H3;1-4,9-10H,8H2. The van der Waals surface area contributed by atoms with Crippen LogP contribution in [0.15, 0.2) is 71.6 Å². The van der Waals surface area contributed by atoms with Crippen LogP contribution in [0.3, 0.4) is 0 Å². The summed E-state index contributed by atoms with van der Waals surface area (Å²) < 4.78 is 37.3. The Hall–Kier alpha value is -3.22. The minimum Gasteiger partial charge on any atom is -0.493 e. The van der Waals surface area contributed by atoms with Gasteiger partial charge in [-0.05, 0) is 47.3 Å². The Morgan fingerprint density at radius 3 is 1.70 bits per heavy atom. The molecule has 0 saturated carbocycles. The van der Waals surface area contributed by atoms with Crippen LogP contribution in [0, 0.1) is 0 Å². The molecule has 174 valence electrons. The number of sulfonamides is 1. The summed E-state index contributed by atoms with van der Waals surface area (Å²) in [6, 6.07) is 16.3. The van der Waals surface area contributed by atoms with E-state index < -0.39 is 24.3 Å². The summed E-state index contributed by atoms with van der Waals surface area (Å²) in [5, 5.41) is 35.3. The highest BCUT2D eigenvalue weighted by Crippen LogP contribution is 2.30. The Morgan fingerprint density at radius 1 is 0.758 bits per heavy atom. The Kier molecular flexibility index (Phi) is 9.14. The minimum absolute atomic E-state index is 0.0152. The molecule has 3 aromatic carbocycles. The van der Waals surface area contributed by atoms with Gasteiger partial charge in [-0.25, -0.2) is 8.42 Å². The summed E-state index contributed by atoms with van der Waals surface area (Å²) in [7, 11) is -3.94. The number of hydrogen-bond acceptors (Lipinski definition) is 9. The molecule has 33 heavy (non-hydrogen) atoms. The van der Waals surface area contributed by atoms with E-state index in [1.165, 1.54) is 56.7 Å². The third kappa shape index (κ3) is 7.41.